The Bertz CT molecular complexity index is 955. The van der Waals surface area contributed by atoms with Gasteiger partial charge in [-0.15, -0.1) is 10.2 Å². The van der Waals surface area contributed by atoms with Crippen LogP contribution in [0.25, 0.3) is 0 Å². The third-order valence-electron chi connectivity index (χ3n) is 4.64. The fourth-order valence-electron chi connectivity index (χ4n) is 3.20. The van der Waals surface area contributed by atoms with E-state index in [1.807, 2.05) is 24.3 Å². The summed E-state index contributed by atoms with van der Waals surface area (Å²) < 4.78 is 13.0. The lowest BCUT2D eigenvalue weighted by Crippen LogP contribution is -2.46. The highest BCUT2D eigenvalue weighted by Crippen LogP contribution is 2.26. The lowest BCUT2D eigenvalue weighted by atomic mass is 10.1. The van der Waals surface area contributed by atoms with Gasteiger partial charge >= 0.3 is 0 Å². The number of nitrogens with zero attached hydrogens (tertiary/aromatic N) is 5. The van der Waals surface area contributed by atoms with Crippen LogP contribution in [0.3, 0.4) is 0 Å². The van der Waals surface area contributed by atoms with E-state index in [0.29, 0.717) is 12.0 Å². The summed E-state index contributed by atoms with van der Waals surface area (Å²) in [5.41, 5.74) is 2.73. The third-order valence-corrected chi connectivity index (χ3v) is 5.62. The summed E-state index contributed by atoms with van der Waals surface area (Å²) in [6, 6.07) is 16.5. The number of anilines is 2. The van der Waals surface area contributed by atoms with Crippen molar-refractivity contribution in [3.63, 3.8) is 0 Å². The van der Waals surface area contributed by atoms with E-state index in [4.69, 9.17) is 0 Å². The molecule has 1 aromatic heterocycles. The van der Waals surface area contributed by atoms with Gasteiger partial charge < -0.3 is 9.80 Å². The maximum atomic E-state index is 13.0. The molecule has 0 saturated carbocycles. The molecular weight excluding hydrogens is 361 g/mol. The van der Waals surface area contributed by atoms with Crippen LogP contribution in [-0.2, 0) is 6.42 Å². The Morgan fingerprint density at radius 2 is 1.67 bits per heavy atom. The number of piperazine rings is 1. The van der Waals surface area contributed by atoms with E-state index in [-0.39, 0.29) is 5.82 Å². The van der Waals surface area contributed by atoms with E-state index in [9.17, 15) is 9.65 Å². The average Bonchev–Trinajstić information content (AvgIpc) is 3.18. The van der Waals surface area contributed by atoms with E-state index in [2.05, 4.69) is 26.1 Å². The molecule has 2 aromatic carbocycles. The maximum absolute atomic E-state index is 13.0. The van der Waals surface area contributed by atoms with Crippen molar-refractivity contribution >= 4 is 22.2 Å². The lowest BCUT2D eigenvalue weighted by Gasteiger charge is -2.36. The fourth-order valence-corrected chi connectivity index (χ4v) is 4.13. The highest BCUT2D eigenvalue weighted by Gasteiger charge is 2.21. The van der Waals surface area contributed by atoms with Gasteiger partial charge in [0.1, 0.15) is 16.9 Å². The van der Waals surface area contributed by atoms with Gasteiger partial charge in [-0.2, -0.15) is 5.26 Å². The topological polar surface area (TPSA) is 56.1 Å². The summed E-state index contributed by atoms with van der Waals surface area (Å²) in [5.74, 6) is -0.229. The fraction of sp³-hybridized carbons (Fsp3) is 0.250. The Kier molecular flexibility index (Phi) is 4.99. The zero-order chi connectivity index (χ0) is 18.6. The summed E-state index contributed by atoms with van der Waals surface area (Å²) >= 11 is 1.58. The first kappa shape index (κ1) is 17.4. The molecule has 0 unspecified atom stereocenters. The van der Waals surface area contributed by atoms with Crippen molar-refractivity contribution < 1.29 is 4.39 Å². The largest absolute Gasteiger partial charge is 0.367 e. The second-order valence-electron chi connectivity index (χ2n) is 6.38. The average molecular weight is 379 g/mol. The molecule has 136 valence electrons. The standard InChI is InChI=1S/C20H18FN5S/c21-17-7-5-15(6-8-17)13-19-23-24-20(27-19)26-11-9-25(10-12-26)18-4-2-1-3-16(18)14-22/h1-8H,9-13H2. The Hall–Kier alpha value is -2.98. The zero-order valence-corrected chi connectivity index (χ0v) is 15.5. The number of hydrogen-bond acceptors (Lipinski definition) is 6. The van der Waals surface area contributed by atoms with Crippen molar-refractivity contribution in [3.8, 4) is 6.07 Å². The number of aromatic nitrogens is 2. The lowest BCUT2D eigenvalue weighted by molar-refractivity contribution is 0.627. The maximum Gasteiger partial charge on any atom is 0.208 e. The van der Waals surface area contributed by atoms with Gasteiger partial charge in [0.05, 0.1) is 11.3 Å². The first-order valence-electron chi connectivity index (χ1n) is 8.79. The summed E-state index contributed by atoms with van der Waals surface area (Å²) in [4.78, 5) is 4.48. The molecule has 1 saturated heterocycles. The molecule has 0 atom stereocenters. The van der Waals surface area contributed by atoms with Gasteiger partial charge in [-0.1, -0.05) is 35.6 Å². The molecule has 5 nitrogen and oxygen atoms in total. The first-order valence-corrected chi connectivity index (χ1v) is 9.60. The van der Waals surface area contributed by atoms with Crippen LogP contribution < -0.4 is 9.80 Å². The number of para-hydroxylation sites is 1. The van der Waals surface area contributed by atoms with Gasteiger partial charge in [0.2, 0.25) is 5.13 Å². The Morgan fingerprint density at radius 1 is 0.963 bits per heavy atom. The van der Waals surface area contributed by atoms with E-state index >= 15 is 0 Å². The molecule has 0 amide bonds. The van der Waals surface area contributed by atoms with Crippen LogP contribution in [0.4, 0.5) is 15.2 Å². The smallest absolute Gasteiger partial charge is 0.208 e. The molecule has 2 heterocycles. The number of hydrogen-bond donors (Lipinski definition) is 0. The molecular formula is C20H18FN5S. The normalized spacial score (nSPS) is 14.2. The van der Waals surface area contributed by atoms with Crippen LogP contribution in [0, 0.1) is 17.1 Å². The first-order chi connectivity index (χ1) is 13.2. The van der Waals surface area contributed by atoms with Gasteiger partial charge in [0, 0.05) is 32.6 Å². The van der Waals surface area contributed by atoms with Crippen molar-refractivity contribution in [1.82, 2.24) is 10.2 Å². The molecule has 1 aliphatic rings. The Labute approximate surface area is 161 Å². The molecule has 7 heteroatoms. The van der Waals surface area contributed by atoms with Gasteiger partial charge in [-0.05, 0) is 29.8 Å². The number of rotatable bonds is 4. The van der Waals surface area contributed by atoms with Crippen molar-refractivity contribution in [1.29, 1.82) is 5.26 Å². The zero-order valence-electron chi connectivity index (χ0n) is 14.7. The highest BCUT2D eigenvalue weighted by atomic mass is 32.1. The molecule has 3 aromatic rings. The highest BCUT2D eigenvalue weighted by molar-refractivity contribution is 7.15. The van der Waals surface area contributed by atoms with Gasteiger partial charge in [-0.25, -0.2) is 4.39 Å². The van der Waals surface area contributed by atoms with Gasteiger partial charge in [-0.3, -0.25) is 0 Å². The Morgan fingerprint density at radius 3 is 2.41 bits per heavy atom. The van der Waals surface area contributed by atoms with Crippen LogP contribution in [0.5, 0.6) is 0 Å². The van der Waals surface area contributed by atoms with E-state index in [1.54, 1.807) is 23.5 Å². The number of benzene rings is 2. The summed E-state index contributed by atoms with van der Waals surface area (Å²) in [6.07, 6.45) is 0.660. The molecule has 1 aliphatic heterocycles. The van der Waals surface area contributed by atoms with Crippen molar-refractivity contribution in [2.24, 2.45) is 0 Å². The van der Waals surface area contributed by atoms with Crippen LogP contribution in [0.15, 0.2) is 48.5 Å². The van der Waals surface area contributed by atoms with Crippen LogP contribution >= 0.6 is 11.3 Å². The van der Waals surface area contributed by atoms with Gasteiger partial charge in [0.15, 0.2) is 0 Å². The van der Waals surface area contributed by atoms with Crippen molar-refractivity contribution in [3.05, 3.63) is 70.5 Å². The summed E-state index contributed by atoms with van der Waals surface area (Å²) in [6.45, 7) is 3.35. The Balaban J connectivity index is 1.39. The molecule has 0 bridgehead atoms. The molecule has 0 N–H and O–H groups in total. The second kappa shape index (κ2) is 7.72. The van der Waals surface area contributed by atoms with Crippen molar-refractivity contribution in [2.75, 3.05) is 36.0 Å². The minimum atomic E-state index is -0.229. The van der Waals surface area contributed by atoms with E-state index in [1.165, 1.54) is 12.1 Å². The van der Waals surface area contributed by atoms with Crippen LogP contribution in [0.1, 0.15) is 16.1 Å². The quantitative estimate of drug-likeness (QED) is 0.695. The van der Waals surface area contributed by atoms with Gasteiger partial charge in [0.25, 0.3) is 0 Å². The molecule has 0 spiro atoms. The predicted molar refractivity (Wildman–Crippen MR) is 105 cm³/mol. The summed E-state index contributed by atoms with van der Waals surface area (Å²) in [5, 5.41) is 19.8. The molecule has 1 fully saturated rings. The second-order valence-corrected chi connectivity index (χ2v) is 7.43. The molecule has 0 radical (unpaired) electrons. The SMILES string of the molecule is N#Cc1ccccc1N1CCN(c2nnc(Cc3ccc(F)cc3)s2)CC1. The third kappa shape index (κ3) is 3.91. The number of nitriles is 1. The van der Waals surface area contributed by atoms with Crippen molar-refractivity contribution in [2.45, 2.75) is 6.42 Å². The minimum absolute atomic E-state index is 0.229. The predicted octanol–water partition coefficient (Wildman–Crippen LogP) is 3.47. The number of halogens is 1. The molecule has 4 rings (SSSR count). The molecule has 27 heavy (non-hydrogen) atoms. The van der Waals surface area contributed by atoms with Crippen LogP contribution in [-0.4, -0.2) is 36.4 Å². The van der Waals surface area contributed by atoms with Crippen LogP contribution in [0.2, 0.25) is 0 Å². The van der Waals surface area contributed by atoms with E-state index in [0.717, 1.165) is 47.6 Å². The van der Waals surface area contributed by atoms with E-state index < -0.39 is 0 Å². The minimum Gasteiger partial charge on any atom is -0.367 e. The molecule has 0 aliphatic carbocycles. The monoisotopic (exact) mass is 379 g/mol. The summed E-state index contributed by atoms with van der Waals surface area (Å²) in [7, 11) is 0.